The summed E-state index contributed by atoms with van der Waals surface area (Å²) in [6, 6.07) is -0.380. The normalized spacial score (nSPS) is 11.2. The molecule has 0 bridgehead atoms. The second-order valence-electron chi connectivity index (χ2n) is 3.08. The molecule has 106 valence electrons. The molecule has 0 saturated carbocycles. The average Bonchev–Trinajstić information content (AvgIpc) is 2.14. The van der Waals surface area contributed by atoms with Gasteiger partial charge in [-0.05, 0) is 21.0 Å². The fraction of sp³-hybridized carbons (Fsp3) is 0.750. The summed E-state index contributed by atoms with van der Waals surface area (Å²) in [7, 11) is -1.17. The first kappa shape index (κ1) is 26.9. The molecule has 0 radical (unpaired) electrons. The van der Waals surface area contributed by atoms with Crippen molar-refractivity contribution in [3.63, 3.8) is 0 Å². The number of aliphatic hydroxyl groups is 1. The molecule has 0 aromatic rings. The van der Waals surface area contributed by atoms with E-state index in [4.69, 9.17) is 29.5 Å². The van der Waals surface area contributed by atoms with E-state index < -0.39 is 13.8 Å². The molecule has 0 saturated heterocycles. The molecule has 1 atom stereocenters. The molecule has 5 N–H and O–H groups in total. The van der Waals surface area contributed by atoms with Crippen molar-refractivity contribution in [2.75, 3.05) is 14.1 Å². The Balaban J connectivity index is -0.0000000855. The van der Waals surface area contributed by atoms with E-state index in [1.54, 1.807) is 25.9 Å². The number of phosphoric acid groups is 1. The van der Waals surface area contributed by atoms with Gasteiger partial charge in [-0.3, -0.25) is 9.69 Å². The summed E-state index contributed by atoms with van der Waals surface area (Å²) in [6.07, 6.45) is 0.750. The van der Waals surface area contributed by atoms with Gasteiger partial charge in [-0.25, -0.2) is 11.2 Å². The van der Waals surface area contributed by atoms with E-state index in [1.807, 2.05) is 6.92 Å². The van der Waals surface area contributed by atoms with Crippen molar-refractivity contribution >= 4 is 13.8 Å². The average molecular weight is 297 g/mol. The minimum atomic E-state index is -4.64. The molecule has 18 heavy (non-hydrogen) atoms. The number of aliphatic carboxylic acids is 1. The van der Waals surface area contributed by atoms with Crippen LogP contribution < -0.4 is 29.6 Å². The van der Waals surface area contributed by atoms with E-state index in [1.165, 1.54) is 0 Å². The van der Waals surface area contributed by atoms with Crippen molar-refractivity contribution in [3.8, 4) is 0 Å². The smallest absolute Gasteiger partial charge is 0.566 e. The number of hydrogen-bond acceptors (Lipinski definition) is 4. The van der Waals surface area contributed by atoms with Crippen LogP contribution in [-0.4, -0.2) is 55.9 Å². The van der Waals surface area contributed by atoms with Crippen LogP contribution in [0.1, 0.15) is 20.3 Å². The Morgan fingerprint density at radius 1 is 1.33 bits per heavy atom. The molecule has 0 aliphatic rings. The molecule has 0 spiro atoms. The van der Waals surface area contributed by atoms with Crippen LogP contribution in [0.15, 0.2) is 0 Å². The van der Waals surface area contributed by atoms with Gasteiger partial charge in [-0.2, -0.15) is 6.42 Å². The number of nitrogens with zero attached hydrogens (tertiary/aromatic N) is 1. The number of hydrogen-bond donors (Lipinski definition) is 5. The number of likely N-dealkylation sites (N-methyl/N-ethyl adjacent to an activating group) is 1. The first-order valence-corrected chi connectivity index (χ1v) is 6.17. The summed E-state index contributed by atoms with van der Waals surface area (Å²) in [4.78, 5) is 33.3. The van der Waals surface area contributed by atoms with Crippen molar-refractivity contribution in [1.29, 1.82) is 0 Å². The van der Waals surface area contributed by atoms with Crippen LogP contribution in [-0.2, 0) is 9.36 Å². The SMILES string of the molecule is CC(C(=O)O)N(C)C.CC[CH-]O.O=P(O)(O)O.[Na+]. The molecule has 0 aliphatic heterocycles. The van der Waals surface area contributed by atoms with E-state index in [-0.39, 0.29) is 35.6 Å². The van der Waals surface area contributed by atoms with Gasteiger partial charge in [-0.15, -0.1) is 0 Å². The number of aliphatic hydroxyl groups excluding tert-OH is 1. The van der Waals surface area contributed by atoms with Gasteiger partial charge in [0.1, 0.15) is 6.04 Å². The second-order valence-corrected chi connectivity index (χ2v) is 4.11. The Hall–Kier alpha value is 0.500. The van der Waals surface area contributed by atoms with Crippen LogP contribution in [0.4, 0.5) is 0 Å². The van der Waals surface area contributed by atoms with Crippen LogP contribution >= 0.6 is 7.82 Å². The van der Waals surface area contributed by atoms with E-state index >= 15 is 0 Å². The number of carboxylic acids is 1. The second kappa shape index (κ2) is 15.6. The predicted molar refractivity (Wildman–Crippen MR) is 61.6 cm³/mol. The van der Waals surface area contributed by atoms with E-state index in [0.29, 0.717) is 0 Å². The molecule has 8 nitrogen and oxygen atoms in total. The predicted octanol–water partition coefficient (Wildman–Crippen LogP) is -2.97. The summed E-state index contributed by atoms with van der Waals surface area (Å²) in [5.41, 5.74) is 0. The molecular weight excluding hydrogens is 276 g/mol. The molecule has 1 unspecified atom stereocenters. The summed E-state index contributed by atoms with van der Waals surface area (Å²) in [5.74, 6) is -0.782. The van der Waals surface area contributed by atoms with E-state index in [2.05, 4.69) is 0 Å². The van der Waals surface area contributed by atoms with Crippen LogP contribution in [0.25, 0.3) is 0 Å². The van der Waals surface area contributed by atoms with Crippen molar-refractivity contribution < 1.29 is 63.8 Å². The molecule has 10 heteroatoms. The largest absolute Gasteiger partial charge is 1.00 e. The minimum Gasteiger partial charge on any atom is -0.566 e. The maximum atomic E-state index is 10.1. The molecule has 0 fully saturated rings. The molecule has 0 aromatic heterocycles. The van der Waals surface area contributed by atoms with Crippen molar-refractivity contribution in [1.82, 2.24) is 4.90 Å². The monoisotopic (exact) mass is 297 g/mol. The van der Waals surface area contributed by atoms with Crippen molar-refractivity contribution in [3.05, 3.63) is 6.61 Å². The maximum absolute atomic E-state index is 10.1. The molecule has 0 aromatic carbocycles. The Morgan fingerprint density at radius 2 is 1.56 bits per heavy atom. The Bertz CT molecular complexity index is 223. The third kappa shape index (κ3) is 43.9. The van der Waals surface area contributed by atoms with Crippen molar-refractivity contribution in [2.45, 2.75) is 26.3 Å². The van der Waals surface area contributed by atoms with Crippen molar-refractivity contribution in [2.24, 2.45) is 0 Å². The summed E-state index contributed by atoms with van der Waals surface area (Å²) < 4.78 is 8.88. The zero-order chi connectivity index (χ0) is 14.6. The van der Waals surface area contributed by atoms with Gasteiger partial charge in [0, 0.05) is 0 Å². The Labute approximate surface area is 129 Å². The standard InChI is InChI=1S/C5H11NO2.C3H7O.Na.H3O4P/c1-4(5(7)8)6(2)3;1-2-3-4;;1-5(2,3)4/h4H,1-3H3,(H,7,8);3-4H,2H2,1H3;;(H3,1,2,3,4)/q;-1;+1;. The first-order chi connectivity index (χ1) is 7.47. The van der Waals surface area contributed by atoms with E-state index in [9.17, 15) is 4.79 Å². The summed E-state index contributed by atoms with van der Waals surface area (Å²) in [6.45, 7) is 4.64. The van der Waals surface area contributed by atoms with Gasteiger partial charge in [-0.1, -0.05) is 6.92 Å². The van der Waals surface area contributed by atoms with Crippen LogP contribution in [0.5, 0.6) is 0 Å². The minimum absolute atomic E-state index is 0. The summed E-state index contributed by atoms with van der Waals surface area (Å²) in [5, 5.41) is 16.1. The number of rotatable bonds is 3. The molecule has 0 amide bonds. The molecular formula is C8H21NNaO7P. The fourth-order valence-corrected chi connectivity index (χ4v) is 0.221. The zero-order valence-electron chi connectivity index (χ0n) is 11.3. The van der Waals surface area contributed by atoms with Gasteiger partial charge >= 0.3 is 43.3 Å². The summed E-state index contributed by atoms with van der Waals surface area (Å²) >= 11 is 0. The Kier molecular flexibility index (Phi) is 23.3. The molecule has 0 rings (SSSR count). The van der Waals surface area contributed by atoms with Crippen LogP contribution in [0.3, 0.4) is 0 Å². The third-order valence-corrected chi connectivity index (χ3v) is 1.31. The molecule has 0 aliphatic carbocycles. The number of carbonyl (C=O) groups is 1. The topological polar surface area (TPSA) is 139 Å². The van der Waals surface area contributed by atoms with Gasteiger partial charge in [0.15, 0.2) is 0 Å². The van der Waals surface area contributed by atoms with Gasteiger partial charge in [0.25, 0.3) is 0 Å². The van der Waals surface area contributed by atoms with Crippen LogP contribution in [0, 0.1) is 6.61 Å². The fourth-order valence-electron chi connectivity index (χ4n) is 0.221. The number of carboxylic acid groups (broad SMARTS) is 1. The van der Waals surface area contributed by atoms with Gasteiger partial charge in [0.05, 0.1) is 0 Å². The van der Waals surface area contributed by atoms with Gasteiger partial charge < -0.3 is 24.9 Å². The Morgan fingerprint density at radius 3 is 1.56 bits per heavy atom. The molecule has 0 heterocycles. The quantitative estimate of drug-likeness (QED) is 0.211. The zero-order valence-corrected chi connectivity index (χ0v) is 14.2. The van der Waals surface area contributed by atoms with E-state index in [0.717, 1.165) is 13.0 Å². The van der Waals surface area contributed by atoms with Crippen LogP contribution in [0.2, 0.25) is 0 Å². The first-order valence-electron chi connectivity index (χ1n) is 4.60. The van der Waals surface area contributed by atoms with Gasteiger partial charge in [0.2, 0.25) is 0 Å². The third-order valence-electron chi connectivity index (χ3n) is 1.31. The maximum Gasteiger partial charge on any atom is 1.00 e.